The average Bonchev–Trinajstić information content (AvgIpc) is 2.46. The van der Waals surface area contributed by atoms with Crippen molar-refractivity contribution in [2.75, 3.05) is 19.6 Å². The SMILES string of the molecule is O=C(CCN1CCCC(C(=O)O)C1)c1cccnc1. The van der Waals surface area contributed by atoms with Gasteiger partial charge in [0, 0.05) is 37.5 Å². The fraction of sp³-hybridized carbons (Fsp3) is 0.500. The van der Waals surface area contributed by atoms with Gasteiger partial charge in [-0.25, -0.2) is 0 Å². The largest absolute Gasteiger partial charge is 0.481 e. The second-order valence-electron chi connectivity index (χ2n) is 4.89. The van der Waals surface area contributed by atoms with E-state index in [4.69, 9.17) is 5.11 Å². The maximum Gasteiger partial charge on any atom is 0.307 e. The van der Waals surface area contributed by atoms with Crippen molar-refractivity contribution in [2.45, 2.75) is 19.3 Å². The molecule has 0 bridgehead atoms. The summed E-state index contributed by atoms with van der Waals surface area (Å²) < 4.78 is 0. The van der Waals surface area contributed by atoms with Crippen LogP contribution in [0.25, 0.3) is 0 Å². The first-order valence-corrected chi connectivity index (χ1v) is 6.55. The highest BCUT2D eigenvalue weighted by molar-refractivity contribution is 5.95. The summed E-state index contributed by atoms with van der Waals surface area (Å²) in [6.07, 6.45) is 5.25. The van der Waals surface area contributed by atoms with Gasteiger partial charge in [0.2, 0.25) is 0 Å². The van der Waals surface area contributed by atoms with E-state index in [0.29, 0.717) is 25.1 Å². The van der Waals surface area contributed by atoms with Crippen LogP contribution in [0.5, 0.6) is 0 Å². The topological polar surface area (TPSA) is 70.5 Å². The minimum absolute atomic E-state index is 0.0607. The first-order chi connectivity index (χ1) is 9.16. The number of carboxylic acids is 1. The lowest BCUT2D eigenvalue weighted by Crippen LogP contribution is -2.39. The summed E-state index contributed by atoms with van der Waals surface area (Å²) in [7, 11) is 0. The van der Waals surface area contributed by atoms with Crippen molar-refractivity contribution < 1.29 is 14.7 Å². The lowest BCUT2D eigenvalue weighted by molar-refractivity contribution is -0.143. The van der Waals surface area contributed by atoms with Gasteiger partial charge < -0.3 is 10.0 Å². The van der Waals surface area contributed by atoms with Crippen LogP contribution in [-0.2, 0) is 4.79 Å². The summed E-state index contributed by atoms with van der Waals surface area (Å²) >= 11 is 0. The number of likely N-dealkylation sites (tertiary alicyclic amines) is 1. The van der Waals surface area contributed by atoms with E-state index in [-0.39, 0.29) is 11.7 Å². The number of rotatable bonds is 5. The Labute approximate surface area is 112 Å². The number of ketones is 1. The predicted octanol–water partition coefficient (Wildman–Crippen LogP) is 1.45. The van der Waals surface area contributed by atoms with Crippen LogP contribution in [0.15, 0.2) is 24.5 Å². The van der Waals surface area contributed by atoms with Gasteiger partial charge in [-0.05, 0) is 31.5 Å². The van der Waals surface area contributed by atoms with Gasteiger partial charge in [-0.3, -0.25) is 14.6 Å². The van der Waals surface area contributed by atoms with Gasteiger partial charge in [-0.2, -0.15) is 0 Å². The highest BCUT2D eigenvalue weighted by Crippen LogP contribution is 2.17. The molecule has 0 radical (unpaired) electrons. The maximum absolute atomic E-state index is 11.9. The third-order valence-corrected chi connectivity index (χ3v) is 3.49. The van der Waals surface area contributed by atoms with Crippen molar-refractivity contribution in [3.05, 3.63) is 30.1 Å². The molecule has 0 aliphatic carbocycles. The lowest BCUT2D eigenvalue weighted by atomic mass is 9.98. The minimum atomic E-state index is -0.733. The molecule has 1 atom stereocenters. The Hall–Kier alpha value is -1.75. The maximum atomic E-state index is 11.9. The van der Waals surface area contributed by atoms with Crippen molar-refractivity contribution in [3.8, 4) is 0 Å². The summed E-state index contributed by atoms with van der Waals surface area (Å²) in [5, 5.41) is 9.01. The van der Waals surface area contributed by atoms with Crippen LogP contribution in [0.4, 0.5) is 0 Å². The van der Waals surface area contributed by atoms with Crippen molar-refractivity contribution in [1.82, 2.24) is 9.88 Å². The van der Waals surface area contributed by atoms with Gasteiger partial charge in [-0.15, -0.1) is 0 Å². The van der Waals surface area contributed by atoms with Gasteiger partial charge >= 0.3 is 5.97 Å². The Morgan fingerprint density at radius 2 is 2.32 bits per heavy atom. The van der Waals surface area contributed by atoms with Crippen molar-refractivity contribution >= 4 is 11.8 Å². The number of piperidine rings is 1. The molecule has 1 aliphatic heterocycles. The van der Waals surface area contributed by atoms with Crippen LogP contribution >= 0.6 is 0 Å². The number of carbonyl (C=O) groups is 2. The van der Waals surface area contributed by atoms with Crippen LogP contribution in [-0.4, -0.2) is 46.4 Å². The molecule has 19 heavy (non-hydrogen) atoms. The molecule has 5 nitrogen and oxygen atoms in total. The van der Waals surface area contributed by atoms with E-state index >= 15 is 0 Å². The van der Waals surface area contributed by atoms with Crippen LogP contribution in [0.1, 0.15) is 29.6 Å². The molecule has 2 rings (SSSR count). The molecule has 0 spiro atoms. The number of carboxylic acid groups (broad SMARTS) is 1. The van der Waals surface area contributed by atoms with E-state index < -0.39 is 5.97 Å². The molecule has 0 aromatic carbocycles. The number of pyridine rings is 1. The molecule has 1 fully saturated rings. The van der Waals surface area contributed by atoms with E-state index in [1.807, 2.05) is 0 Å². The number of aliphatic carboxylic acids is 1. The zero-order chi connectivity index (χ0) is 13.7. The molecule has 2 heterocycles. The summed E-state index contributed by atoms with van der Waals surface area (Å²) in [6.45, 7) is 2.05. The van der Waals surface area contributed by atoms with Gasteiger partial charge in [0.15, 0.2) is 5.78 Å². The summed E-state index contributed by atoms with van der Waals surface area (Å²) in [5.41, 5.74) is 0.620. The smallest absolute Gasteiger partial charge is 0.307 e. The standard InChI is InChI=1S/C14H18N2O3/c17-13(11-3-1-6-15-9-11)5-8-16-7-2-4-12(10-16)14(18)19/h1,3,6,9,12H,2,4-5,7-8,10H2,(H,18,19). The highest BCUT2D eigenvalue weighted by atomic mass is 16.4. The third-order valence-electron chi connectivity index (χ3n) is 3.49. The molecule has 1 aromatic rings. The quantitative estimate of drug-likeness (QED) is 0.813. The molecule has 1 aliphatic rings. The fourth-order valence-corrected chi connectivity index (χ4v) is 2.39. The van der Waals surface area contributed by atoms with Crippen molar-refractivity contribution in [2.24, 2.45) is 5.92 Å². The molecule has 0 amide bonds. The molecular weight excluding hydrogens is 244 g/mol. The Morgan fingerprint density at radius 3 is 3.00 bits per heavy atom. The molecule has 1 saturated heterocycles. The molecular formula is C14H18N2O3. The van der Waals surface area contributed by atoms with E-state index in [9.17, 15) is 9.59 Å². The van der Waals surface area contributed by atoms with Gasteiger partial charge in [0.05, 0.1) is 5.92 Å². The summed E-state index contributed by atoms with van der Waals surface area (Å²) in [6, 6.07) is 3.50. The van der Waals surface area contributed by atoms with Gasteiger partial charge in [0.25, 0.3) is 0 Å². The first-order valence-electron chi connectivity index (χ1n) is 6.55. The third kappa shape index (κ3) is 3.86. The van der Waals surface area contributed by atoms with Crippen molar-refractivity contribution in [1.29, 1.82) is 0 Å². The summed E-state index contributed by atoms with van der Waals surface area (Å²) in [4.78, 5) is 28.9. The van der Waals surface area contributed by atoms with Crippen LogP contribution in [0.3, 0.4) is 0 Å². The lowest BCUT2D eigenvalue weighted by Gasteiger charge is -2.30. The molecule has 1 unspecified atom stereocenters. The van der Waals surface area contributed by atoms with E-state index in [1.54, 1.807) is 24.5 Å². The first kappa shape index (κ1) is 13.7. The number of carbonyl (C=O) groups excluding carboxylic acids is 1. The normalized spacial score (nSPS) is 20.1. The van der Waals surface area contributed by atoms with E-state index in [0.717, 1.165) is 19.4 Å². The Morgan fingerprint density at radius 1 is 1.47 bits per heavy atom. The number of Topliss-reactive ketones (excluding diaryl/α,β-unsaturated/α-hetero) is 1. The molecule has 0 saturated carbocycles. The molecule has 1 aromatic heterocycles. The van der Waals surface area contributed by atoms with E-state index in [2.05, 4.69) is 9.88 Å². The molecule has 102 valence electrons. The van der Waals surface area contributed by atoms with Gasteiger partial charge in [-0.1, -0.05) is 0 Å². The number of hydrogen-bond donors (Lipinski definition) is 1. The van der Waals surface area contributed by atoms with Gasteiger partial charge in [0.1, 0.15) is 0 Å². The predicted molar refractivity (Wildman–Crippen MR) is 70.0 cm³/mol. The Balaban J connectivity index is 1.82. The summed E-state index contributed by atoms with van der Waals surface area (Å²) in [5.74, 6) is -0.962. The number of hydrogen-bond acceptors (Lipinski definition) is 4. The average molecular weight is 262 g/mol. The number of nitrogens with zero attached hydrogens (tertiary/aromatic N) is 2. The number of aromatic nitrogens is 1. The minimum Gasteiger partial charge on any atom is -0.481 e. The fourth-order valence-electron chi connectivity index (χ4n) is 2.39. The zero-order valence-corrected chi connectivity index (χ0v) is 10.8. The Bertz CT molecular complexity index is 447. The second-order valence-corrected chi connectivity index (χ2v) is 4.89. The monoisotopic (exact) mass is 262 g/mol. The highest BCUT2D eigenvalue weighted by Gasteiger charge is 2.25. The van der Waals surface area contributed by atoms with Crippen LogP contribution in [0, 0.1) is 5.92 Å². The Kier molecular flexibility index (Phi) is 4.63. The van der Waals surface area contributed by atoms with Crippen LogP contribution in [0.2, 0.25) is 0 Å². The van der Waals surface area contributed by atoms with Crippen LogP contribution < -0.4 is 0 Å². The second kappa shape index (κ2) is 6.43. The molecule has 1 N–H and O–H groups in total. The van der Waals surface area contributed by atoms with Crippen molar-refractivity contribution in [3.63, 3.8) is 0 Å². The molecule has 5 heteroatoms. The zero-order valence-electron chi connectivity index (χ0n) is 10.8. The van der Waals surface area contributed by atoms with E-state index in [1.165, 1.54) is 0 Å².